The second kappa shape index (κ2) is 4.85. The number of fused-ring (bicyclic) bond motifs is 2. The molecule has 1 aliphatic carbocycles. The minimum atomic E-state index is -4.80. The lowest BCUT2D eigenvalue weighted by Gasteiger charge is -2.18. The number of hydrogen-bond acceptors (Lipinski definition) is 3. The molecule has 3 nitrogen and oxygen atoms in total. The van der Waals surface area contributed by atoms with Gasteiger partial charge in [-0.2, -0.15) is 26.0 Å². The average molecular weight is 343 g/mol. The van der Waals surface area contributed by atoms with Gasteiger partial charge in [0.15, 0.2) is 0 Å². The van der Waals surface area contributed by atoms with Gasteiger partial charge in [-0.25, -0.2) is 0 Å². The van der Waals surface area contributed by atoms with Gasteiger partial charge in [-0.05, 0) is 6.07 Å². The number of hydrogen-bond donors (Lipinski definition) is 0. The van der Waals surface area contributed by atoms with E-state index >= 15 is 0 Å². The number of benzene rings is 1. The molecule has 1 aromatic rings. The van der Waals surface area contributed by atoms with Crippen LogP contribution in [-0.2, 0) is 16.2 Å². The number of alkyl halides is 3. The molecule has 0 amide bonds. The highest BCUT2D eigenvalue weighted by atomic mass is 32.2. The molecule has 1 aliphatic heterocycles. The van der Waals surface area contributed by atoms with Crippen molar-refractivity contribution in [2.45, 2.75) is 17.5 Å². The van der Waals surface area contributed by atoms with Crippen LogP contribution in [-0.4, -0.2) is 19.5 Å². The van der Waals surface area contributed by atoms with Crippen LogP contribution in [0, 0.1) is 0 Å². The summed E-state index contributed by atoms with van der Waals surface area (Å²) in [4.78, 5) is -0.442. The van der Waals surface area contributed by atoms with Gasteiger partial charge in [0.1, 0.15) is 4.90 Å². The molecule has 0 bridgehead atoms. The molecule has 0 radical (unpaired) electrons. The minimum absolute atomic E-state index is 0.0447. The molecule has 1 heterocycles. The third kappa shape index (κ3) is 2.32. The normalized spacial score (nSPS) is 19.7. The molecule has 0 saturated carbocycles. The third-order valence-electron chi connectivity index (χ3n) is 3.35. The molecule has 114 valence electrons. The van der Waals surface area contributed by atoms with E-state index in [4.69, 9.17) is 12.2 Å². The number of halogens is 3. The third-order valence-corrected chi connectivity index (χ3v) is 5.06. The zero-order valence-corrected chi connectivity index (χ0v) is 12.5. The van der Waals surface area contributed by atoms with E-state index in [2.05, 4.69) is 4.40 Å². The molecule has 0 N–H and O–H groups in total. The second-order valence-corrected chi connectivity index (χ2v) is 6.81. The van der Waals surface area contributed by atoms with Crippen molar-refractivity contribution < 1.29 is 21.6 Å². The van der Waals surface area contributed by atoms with E-state index < -0.39 is 26.7 Å². The Kier molecular flexibility index (Phi) is 3.33. The van der Waals surface area contributed by atoms with E-state index in [9.17, 15) is 21.6 Å². The van der Waals surface area contributed by atoms with Crippen molar-refractivity contribution >= 4 is 38.9 Å². The lowest BCUT2D eigenvalue weighted by molar-refractivity contribution is -0.139. The van der Waals surface area contributed by atoms with E-state index in [1.54, 1.807) is 12.2 Å². The number of allylic oxidation sites excluding steroid dienone is 4. The van der Waals surface area contributed by atoms with E-state index in [0.29, 0.717) is 22.4 Å². The summed E-state index contributed by atoms with van der Waals surface area (Å²) in [6, 6.07) is 3.24. The quantitative estimate of drug-likeness (QED) is 0.677. The highest BCUT2D eigenvalue weighted by Gasteiger charge is 2.40. The lowest BCUT2D eigenvalue weighted by Crippen LogP contribution is -2.15. The van der Waals surface area contributed by atoms with Crippen LogP contribution in [0.2, 0.25) is 0 Å². The molecule has 2 aliphatic rings. The van der Waals surface area contributed by atoms with Crippen molar-refractivity contribution in [3.05, 3.63) is 47.1 Å². The van der Waals surface area contributed by atoms with Gasteiger partial charge < -0.3 is 0 Å². The first kappa shape index (κ1) is 15.1. The maximum Gasteiger partial charge on any atom is 0.417 e. The Morgan fingerprint density at radius 2 is 1.95 bits per heavy atom. The molecule has 3 rings (SSSR count). The molecule has 0 spiro atoms. The smallest absolute Gasteiger partial charge is 0.199 e. The molecule has 0 fully saturated rings. The fourth-order valence-corrected chi connectivity index (χ4v) is 4.06. The zero-order chi connectivity index (χ0) is 16.1. The van der Waals surface area contributed by atoms with Crippen LogP contribution in [0.4, 0.5) is 13.2 Å². The summed E-state index contributed by atoms with van der Waals surface area (Å²) < 4.78 is 67.4. The van der Waals surface area contributed by atoms with Gasteiger partial charge in [-0.1, -0.05) is 36.5 Å². The van der Waals surface area contributed by atoms with Gasteiger partial charge >= 0.3 is 6.18 Å². The van der Waals surface area contributed by atoms with Crippen LogP contribution in [0.5, 0.6) is 0 Å². The molecular formula is C14H8F3NO2S2. The second-order valence-electron chi connectivity index (χ2n) is 4.75. The Morgan fingerprint density at radius 3 is 2.64 bits per heavy atom. The molecule has 0 aromatic heterocycles. The Bertz CT molecular complexity index is 878. The highest BCUT2D eigenvalue weighted by molar-refractivity contribution is 7.90. The molecule has 0 saturated heterocycles. The number of rotatable bonds is 0. The van der Waals surface area contributed by atoms with E-state index in [0.717, 1.165) is 12.3 Å². The van der Waals surface area contributed by atoms with Crippen molar-refractivity contribution in [2.75, 3.05) is 0 Å². The minimum Gasteiger partial charge on any atom is -0.199 e. The van der Waals surface area contributed by atoms with Gasteiger partial charge in [0, 0.05) is 34.2 Å². The number of sulfonamides is 1. The first-order chi connectivity index (χ1) is 10.2. The monoisotopic (exact) mass is 343 g/mol. The van der Waals surface area contributed by atoms with Gasteiger partial charge in [0.05, 0.1) is 5.56 Å². The van der Waals surface area contributed by atoms with Crippen LogP contribution in [0.15, 0.2) is 45.2 Å². The summed E-state index contributed by atoms with van der Waals surface area (Å²) >= 11 is 5.20. The topological polar surface area (TPSA) is 46.5 Å². The predicted octanol–water partition coefficient (Wildman–Crippen LogP) is 3.56. The Morgan fingerprint density at radius 1 is 1.23 bits per heavy atom. The Balaban J connectivity index is 2.46. The standard InChI is InChI=1S/C14H8F3NO2S2/c15-14(16,17)10-5-2-4-9-12-8(3-1-6-11(12)21)7-18-22(19,20)13(9)10/h1-5,7H,6H2. The maximum absolute atomic E-state index is 13.2. The van der Waals surface area contributed by atoms with E-state index in [-0.39, 0.29) is 5.56 Å². The van der Waals surface area contributed by atoms with Gasteiger partial charge in [0.25, 0.3) is 10.0 Å². The lowest BCUT2D eigenvalue weighted by atomic mass is 9.91. The largest absolute Gasteiger partial charge is 0.417 e. The summed E-state index contributed by atoms with van der Waals surface area (Å²) in [5.74, 6) is 0. The first-order valence-electron chi connectivity index (χ1n) is 6.17. The van der Waals surface area contributed by atoms with E-state index in [1.165, 1.54) is 12.1 Å². The molecule has 0 unspecified atom stereocenters. The Labute approximate surface area is 129 Å². The summed E-state index contributed by atoms with van der Waals surface area (Å²) in [5.41, 5.74) is -0.550. The van der Waals surface area contributed by atoms with Crippen LogP contribution in [0.3, 0.4) is 0 Å². The van der Waals surface area contributed by atoms with Crippen LogP contribution in [0.25, 0.3) is 5.57 Å². The highest BCUT2D eigenvalue weighted by Crippen LogP contribution is 2.41. The zero-order valence-electron chi connectivity index (χ0n) is 10.9. The van der Waals surface area contributed by atoms with Crippen molar-refractivity contribution in [1.29, 1.82) is 0 Å². The summed E-state index contributed by atoms with van der Waals surface area (Å²) in [6.45, 7) is 0. The molecule has 8 heteroatoms. The summed E-state index contributed by atoms with van der Waals surface area (Å²) in [7, 11) is -4.46. The Hall–Kier alpha value is -1.80. The molecular weight excluding hydrogens is 335 g/mol. The van der Waals surface area contributed by atoms with E-state index in [1.807, 2.05) is 0 Å². The van der Waals surface area contributed by atoms with Crippen LogP contribution >= 0.6 is 12.2 Å². The molecule has 1 aromatic carbocycles. The van der Waals surface area contributed by atoms with Gasteiger partial charge in [-0.3, -0.25) is 0 Å². The SMILES string of the molecule is O=S1(=O)N=CC2=C(C(=S)CC=C2)c2cccc(C(F)(F)F)c21. The van der Waals surface area contributed by atoms with Gasteiger partial charge in [-0.15, -0.1) is 0 Å². The van der Waals surface area contributed by atoms with Gasteiger partial charge in [0.2, 0.25) is 0 Å². The number of thiocarbonyl (C=S) groups is 1. The summed E-state index contributed by atoms with van der Waals surface area (Å²) in [6.07, 6.45) is -0.0480. The van der Waals surface area contributed by atoms with Crippen molar-refractivity contribution in [2.24, 2.45) is 4.40 Å². The average Bonchev–Trinajstić information content (AvgIpc) is 2.54. The number of nitrogens with zero attached hydrogens (tertiary/aromatic N) is 1. The molecule has 22 heavy (non-hydrogen) atoms. The fourth-order valence-electron chi connectivity index (χ4n) is 2.47. The first-order valence-corrected chi connectivity index (χ1v) is 8.01. The van der Waals surface area contributed by atoms with Crippen LogP contribution in [0.1, 0.15) is 17.5 Å². The maximum atomic E-state index is 13.2. The van der Waals surface area contributed by atoms with Crippen molar-refractivity contribution in [1.82, 2.24) is 0 Å². The predicted molar refractivity (Wildman–Crippen MR) is 80.4 cm³/mol. The van der Waals surface area contributed by atoms with Crippen molar-refractivity contribution in [3.8, 4) is 0 Å². The van der Waals surface area contributed by atoms with Crippen molar-refractivity contribution in [3.63, 3.8) is 0 Å². The summed E-state index contributed by atoms with van der Waals surface area (Å²) in [5, 5.41) is 0. The molecule has 0 atom stereocenters. The van der Waals surface area contributed by atoms with Crippen LogP contribution < -0.4 is 0 Å². The fraction of sp³-hybridized carbons (Fsp3) is 0.143.